The molecule has 4 aromatic heterocycles. The van der Waals surface area contributed by atoms with Gasteiger partial charge in [0.1, 0.15) is 0 Å². The molecule has 0 aliphatic carbocycles. The van der Waals surface area contributed by atoms with Crippen LogP contribution >= 0.6 is 0 Å². The van der Waals surface area contributed by atoms with Crippen LogP contribution in [0.4, 0.5) is 5.95 Å². The second-order valence-electron chi connectivity index (χ2n) is 8.45. The Bertz CT molecular complexity index is 1510. The number of amides is 1. The summed E-state index contributed by atoms with van der Waals surface area (Å²) in [5.74, 6) is 0.181. The van der Waals surface area contributed by atoms with Gasteiger partial charge in [-0.3, -0.25) is 14.8 Å². The van der Waals surface area contributed by atoms with Crippen LogP contribution < -0.4 is 5.32 Å². The van der Waals surface area contributed by atoms with E-state index in [0.717, 1.165) is 54.2 Å². The average Bonchev–Trinajstić information content (AvgIpc) is 3.55. The van der Waals surface area contributed by atoms with E-state index in [1.54, 1.807) is 27.7 Å². The number of rotatable bonds is 8. The number of hydrogen-bond donors (Lipinski definition) is 1. The SMILES string of the molecule is CCN(CC)CCn1c(NC(=O)c2cc3nccc(-c4cnn(C)c4C)n3n2)nc2ccccc21. The molecule has 10 heteroatoms. The fourth-order valence-electron chi connectivity index (χ4n) is 4.30. The number of likely N-dealkylation sites (N-methyl/N-ethyl adjacent to an activating group) is 1. The van der Waals surface area contributed by atoms with E-state index in [9.17, 15) is 4.79 Å². The Labute approximate surface area is 203 Å². The molecule has 1 amide bonds. The smallest absolute Gasteiger partial charge is 0.278 e. The van der Waals surface area contributed by atoms with Gasteiger partial charge >= 0.3 is 0 Å². The van der Waals surface area contributed by atoms with Crippen molar-refractivity contribution in [2.45, 2.75) is 27.3 Å². The molecule has 180 valence electrons. The molecule has 0 spiro atoms. The minimum Gasteiger partial charge on any atom is -0.309 e. The molecule has 0 saturated heterocycles. The number of aryl methyl sites for hydroxylation is 1. The Morgan fingerprint density at radius 3 is 2.69 bits per heavy atom. The second kappa shape index (κ2) is 9.30. The number of imidazole rings is 1. The molecule has 10 nitrogen and oxygen atoms in total. The van der Waals surface area contributed by atoms with E-state index in [1.165, 1.54) is 0 Å². The molecular formula is C25H29N9O. The van der Waals surface area contributed by atoms with Crippen LogP contribution in [-0.2, 0) is 13.6 Å². The van der Waals surface area contributed by atoms with Gasteiger partial charge in [0.2, 0.25) is 5.95 Å². The molecule has 5 aromatic rings. The van der Waals surface area contributed by atoms with E-state index in [2.05, 4.69) is 43.8 Å². The molecule has 0 saturated carbocycles. The zero-order valence-electron chi connectivity index (χ0n) is 20.4. The van der Waals surface area contributed by atoms with Crippen molar-refractivity contribution in [1.82, 2.24) is 38.8 Å². The van der Waals surface area contributed by atoms with Gasteiger partial charge in [0.25, 0.3) is 5.91 Å². The van der Waals surface area contributed by atoms with Gasteiger partial charge in [0.05, 0.1) is 22.9 Å². The third-order valence-corrected chi connectivity index (χ3v) is 6.52. The summed E-state index contributed by atoms with van der Waals surface area (Å²) in [5, 5.41) is 11.9. The van der Waals surface area contributed by atoms with Crippen LogP contribution in [0.1, 0.15) is 30.0 Å². The molecule has 5 rings (SSSR count). The Morgan fingerprint density at radius 1 is 1.14 bits per heavy atom. The van der Waals surface area contributed by atoms with Crippen LogP contribution in [0.25, 0.3) is 27.9 Å². The third kappa shape index (κ3) is 4.17. The van der Waals surface area contributed by atoms with Gasteiger partial charge < -0.3 is 9.47 Å². The number of benzene rings is 1. The van der Waals surface area contributed by atoms with Crippen molar-refractivity contribution in [1.29, 1.82) is 0 Å². The Hall–Kier alpha value is -4.05. The highest BCUT2D eigenvalue weighted by molar-refractivity contribution is 6.03. The zero-order chi connectivity index (χ0) is 24.5. The van der Waals surface area contributed by atoms with Crippen molar-refractivity contribution in [2.75, 3.05) is 25.0 Å². The predicted molar refractivity (Wildman–Crippen MR) is 135 cm³/mol. The number of hydrogen-bond acceptors (Lipinski definition) is 6. The molecule has 4 heterocycles. The lowest BCUT2D eigenvalue weighted by Crippen LogP contribution is -2.27. The molecule has 0 radical (unpaired) electrons. The largest absolute Gasteiger partial charge is 0.309 e. The van der Waals surface area contributed by atoms with E-state index in [0.29, 0.717) is 11.6 Å². The first kappa shape index (κ1) is 22.7. The average molecular weight is 472 g/mol. The first-order valence-electron chi connectivity index (χ1n) is 11.8. The fourth-order valence-corrected chi connectivity index (χ4v) is 4.30. The highest BCUT2D eigenvalue weighted by atomic mass is 16.2. The lowest BCUT2D eigenvalue weighted by Gasteiger charge is -2.19. The molecule has 0 atom stereocenters. The van der Waals surface area contributed by atoms with Crippen molar-refractivity contribution in [3.63, 3.8) is 0 Å². The molecule has 1 aromatic carbocycles. The van der Waals surface area contributed by atoms with E-state index >= 15 is 0 Å². The van der Waals surface area contributed by atoms with E-state index < -0.39 is 0 Å². The lowest BCUT2D eigenvalue weighted by atomic mass is 10.2. The van der Waals surface area contributed by atoms with Gasteiger partial charge in [-0.25, -0.2) is 14.5 Å². The van der Waals surface area contributed by atoms with Crippen LogP contribution in [-0.4, -0.2) is 64.4 Å². The fraction of sp³-hybridized carbons (Fsp3) is 0.320. The molecule has 0 fully saturated rings. The van der Waals surface area contributed by atoms with Crippen LogP contribution in [0.15, 0.2) is 48.8 Å². The van der Waals surface area contributed by atoms with Gasteiger partial charge in [0, 0.05) is 43.7 Å². The summed E-state index contributed by atoms with van der Waals surface area (Å²) in [5.41, 5.74) is 5.45. The second-order valence-corrected chi connectivity index (χ2v) is 8.45. The minimum absolute atomic E-state index is 0.272. The monoisotopic (exact) mass is 471 g/mol. The minimum atomic E-state index is -0.330. The predicted octanol–water partition coefficient (Wildman–Crippen LogP) is 3.38. The summed E-state index contributed by atoms with van der Waals surface area (Å²) >= 11 is 0. The maximum Gasteiger partial charge on any atom is 0.278 e. The summed E-state index contributed by atoms with van der Waals surface area (Å²) in [6, 6.07) is 11.5. The van der Waals surface area contributed by atoms with Crippen molar-refractivity contribution < 1.29 is 4.79 Å². The maximum atomic E-state index is 13.3. The molecule has 0 aliphatic rings. The number of fused-ring (bicyclic) bond motifs is 2. The quantitative estimate of drug-likeness (QED) is 0.373. The molecule has 1 N–H and O–H groups in total. The van der Waals surface area contributed by atoms with Gasteiger partial charge in [0.15, 0.2) is 11.3 Å². The molecule has 0 bridgehead atoms. The van der Waals surface area contributed by atoms with E-state index in [1.807, 2.05) is 44.3 Å². The summed E-state index contributed by atoms with van der Waals surface area (Å²) < 4.78 is 5.55. The highest BCUT2D eigenvalue weighted by Gasteiger charge is 2.19. The van der Waals surface area contributed by atoms with Crippen LogP contribution in [0.3, 0.4) is 0 Å². The maximum absolute atomic E-state index is 13.3. The lowest BCUT2D eigenvalue weighted by molar-refractivity contribution is 0.102. The van der Waals surface area contributed by atoms with E-state index in [-0.39, 0.29) is 11.6 Å². The van der Waals surface area contributed by atoms with Crippen LogP contribution in [0, 0.1) is 6.92 Å². The van der Waals surface area contributed by atoms with Crippen molar-refractivity contribution in [3.8, 4) is 11.3 Å². The van der Waals surface area contributed by atoms with Gasteiger partial charge in [-0.1, -0.05) is 26.0 Å². The number of nitrogens with zero attached hydrogens (tertiary/aromatic N) is 8. The van der Waals surface area contributed by atoms with Gasteiger partial charge in [-0.15, -0.1) is 0 Å². The van der Waals surface area contributed by atoms with Crippen LogP contribution in [0.2, 0.25) is 0 Å². The summed E-state index contributed by atoms with van der Waals surface area (Å²) in [4.78, 5) is 24.7. The first-order valence-corrected chi connectivity index (χ1v) is 11.8. The van der Waals surface area contributed by atoms with E-state index in [4.69, 9.17) is 4.98 Å². The zero-order valence-corrected chi connectivity index (χ0v) is 20.4. The standard InChI is InChI=1S/C25H29N9O/c1-5-32(6-2)13-14-33-22-10-8-7-9-19(22)28-25(33)29-24(35)20-15-23-26-12-11-21(34(23)30-20)18-16-27-31(4)17(18)3/h7-12,15-16H,5-6,13-14H2,1-4H3,(H,28,29,35). The highest BCUT2D eigenvalue weighted by Crippen LogP contribution is 2.24. The Balaban J connectivity index is 1.47. The Morgan fingerprint density at radius 2 is 1.94 bits per heavy atom. The van der Waals surface area contributed by atoms with Gasteiger partial charge in [-0.05, 0) is 38.2 Å². The Kier molecular flexibility index (Phi) is 6.04. The summed E-state index contributed by atoms with van der Waals surface area (Å²) in [6.45, 7) is 9.81. The number of aromatic nitrogens is 7. The number of carbonyl (C=O) groups excluding carboxylic acids is 1. The van der Waals surface area contributed by atoms with Crippen molar-refractivity contribution in [3.05, 3.63) is 60.2 Å². The molecule has 0 unspecified atom stereocenters. The van der Waals surface area contributed by atoms with Gasteiger partial charge in [-0.2, -0.15) is 10.2 Å². The third-order valence-electron chi connectivity index (χ3n) is 6.52. The molecular weight excluding hydrogens is 442 g/mol. The van der Waals surface area contributed by atoms with Crippen molar-refractivity contribution in [2.24, 2.45) is 7.05 Å². The normalized spacial score (nSPS) is 11.7. The molecule has 0 aliphatic heterocycles. The topological polar surface area (TPSA) is 98.2 Å². The summed E-state index contributed by atoms with van der Waals surface area (Å²) in [7, 11) is 1.89. The number of nitrogens with one attached hydrogen (secondary N) is 1. The number of para-hydroxylation sites is 2. The number of carbonyl (C=O) groups is 1. The first-order chi connectivity index (χ1) is 17.0. The van der Waals surface area contributed by atoms with Crippen molar-refractivity contribution >= 4 is 28.5 Å². The summed E-state index contributed by atoms with van der Waals surface area (Å²) in [6.07, 6.45) is 3.51. The number of anilines is 1. The van der Waals surface area contributed by atoms with Crippen LogP contribution in [0.5, 0.6) is 0 Å². The molecule has 35 heavy (non-hydrogen) atoms.